The highest BCUT2D eigenvalue weighted by atomic mass is 32.1. The largest absolute Gasteiger partial charge is 0.378 e. The van der Waals surface area contributed by atoms with Crippen LogP contribution in [0, 0.1) is 6.92 Å². The van der Waals surface area contributed by atoms with Gasteiger partial charge in [-0.2, -0.15) is 11.3 Å². The minimum atomic E-state index is 0.470. The molecule has 1 fully saturated rings. The summed E-state index contributed by atoms with van der Waals surface area (Å²) in [5.74, 6) is 0. The van der Waals surface area contributed by atoms with Crippen LogP contribution in [0.3, 0.4) is 0 Å². The first-order valence-corrected chi connectivity index (χ1v) is 6.34. The zero-order valence-corrected chi connectivity index (χ0v) is 9.90. The maximum atomic E-state index is 5.39. The molecule has 4 heteroatoms. The lowest BCUT2D eigenvalue weighted by Crippen LogP contribution is -2.47. The fraction of sp³-hybridized carbons (Fsp3) is 0.636. The molecule has 1 aromatic heterocycles. The molecule has 0 radical (unpaired) electrons. The number of ether oxygens (including phenoxy) is 1. The summed E-state index contributed by atoms with van der Waals surface area (Å²) in [7, 11) is 0. The molecule has 0 aromatic carbocycles. The highest BCUT2D eigenvalue weighted by Crippen LogP contribution is 2.12. The van der Waals surface area contributed by atoms with Gasteiger partial charge in [0.25, 0.3) is 0 Å². The average molecular weight is 226 g/mol. The minimum Gasteiger partial charge on any atom is -0.378 e. The van der Waals surface area contributed by atoms with Gasteiger partial charge < -0.3 is 15.4 Å². The Kier molecular flexibility index (Phi) is 4.14. The van der Waals surface area contributed by atoms with Crippen LogP contribution in [0.5, 0.6) is 0 Å². The minimum absolute atomic E-state index is 0.470. The molecule has 0 spiro atoms. The smallest absolute Gasteiger partial charge is 0.0632 e. The predicted octanol–water partition coefficient (Wildman–Crippen LogP) is 1.13. The van der Waals surface area contributed by atoms with E-state index in [1.165, 1.54) is 11.1 Å². The van der Waals surface area contributed by atoms with E-state index >= 15 is 0 Å². The molecule has 0 amide bonds. The first kappa shape index (κ1) is 11.1. The summed E-state index contributed by atoms with van der Waals surface area (Å²) < 4.78 is 5.39. The number of thiophene rings is 1. The van der Waals surface area contributed by atoms with E-state index in [-0.39, 0.29) is 0 Å². The van der Waals surface area contributed by atoms with Gasteiger partial charge in [-0.15, -0.1) is 0 Å². The Morgan fingerprint density at radius 2 is 2.53 bits per heavy atom. The highest BCUT2D eigenvalue weighted by Gasteiger charge is 2.11. The molecule has 1 aliphatic rings. The number of rotatable bonds is 4. The first-order chi connectivity index (χ1) is 7.36. The Balaban J connectivity index is 1.68. The third-order valence-electron chi connectivity index (χ3n) is 2.67. The standard InChI is InChI=1S/C11H18N2OS/c1-9-7-15-8-10(9)4-12-5-11-6-14-3-2-13-11/h7-8,11-13H,2-6H2,1H3. The molecular formula is C11H18N2OS. The number of hydrogen-bond donors (Lipinski definition) is 2. The van der Waals surface area contributed by atoms with Gasteiger partial charge in [0.1, 0.15) is 0 Å². The monoisotopic (exact) mass is 226 g/mol. The van der Waals surface area contributed by atoms with Crippen LogP contribution in [0.4, 0.5) is 0 Å². The Hall–Kier alpha value is -0.420. The van der Waals surface area contributed by atoms with Crippen molar-refractivity contribution < 1.29 is 4.74 Å². The third kappa shape index (κ3) is 3.28. The molecular weight excluding hydrogens is 208 g/mol. The summed E-state index contributed by atoms with van der Waals surface area (Å²) in [6, 6.07) is 0.470. The molecule has 1 atom stereocenters. The number of morpholine rings is 1. The van der Waals surface area contributed by atoms with Crippen molar-refractivity contribution in [3.05, 3.63) is 21.9 Å². The van der Waals surface area contributed by atoms with E-state index in [0.717, 1.165) is 32.8 Å². The quantitative estimate of drug-likeness (QED) is 0.807. The van der Waals surface area contributed by atoms with E-state index in [4.69, 9.17) is 4.74 Å². The van der Waals surface area contributed by atoms with E-state index in [1.807, 2.05) is 0 Å². The lowest BCUT2D eigenvalue weighted by molar-refractivity contribution is 0.0766. The van der Waals surface area contributed by atoms with Crippen LogP contribution in [-0.4, -0.2) is 32.3 Å². The number of nitrogens with one attached hydrogen (secondary N) is 2. The van der Waals surface area contributed by atoms with Gasteiger partial charge in [-0.05, 0) is 28.8 Å². The molecule has 0 bridgehead atoms. The van der Waals surface area contributed by atoms with E-state index in [1.54, 1.807) is 11.3 Å². The predicted molar refractivity (Wildman–Crippen MR) is 63.4 cm³/mol. The molecule has 0 aliphatic carbocycles. The van der Waals surface area contributed by atoms with Crippen molar-refractivity contribution in [2.75, 3.05) is 26.3 Å². The van der Waals surface area contributed by atoms with Crippen molar-refractivity contribution in [2.24, 2.45) is 0 Å². The van der Waals surface area contributed by atoms with Crippen molar-refractivity contribution in [3.63, 3.8) is 0 Å². The average Bonchev–Trinajstić information content (AvgIpc) is 2.66. The number of aryl methyl sites for hydroxylation is 1. The van der Waals surface area contributed by atoms with Gasteiger partial charge >= 0.3 is 0 Å². The molecule has 1 aliphatic heterocycles. The van der Waals surface area contributed by atoms with Gasteiger partial charge in [0, 0.05) is 25.7 Å². The van der Waals surface area contributed by atoms with Crippen LogP contribution in [0.25, 0.3) is 0 Å². The van der Waals surface area contributed by atoms with Gasteiger partial charge in [-0.3, -0.25) is 0 Å². The zero-order valence-electron chi connectivity index (χ0n) is 9.08. The van der Waals surface area contributed by atoms with Crippen LogP contribution in [0.2, 0.25) is 0 Å². The van der Waals surface area contributed by atoms with Crippen LogP contribution in [0.15, 0.2) is 10.8 Å². The van der Waals surface area contributed by atoms with Gasteiger partial charge in [0.2, 0.25) is 0 Å². The summed E-state index contributed by atoms with van der Waals surface area (Å²) in [6.07, 6.45) is 0. The molecule has 0 saturated carbocycles. The van der Waals surface area contributed by atoms with Crippen molar-refractivity contribution in [2.45, 2.75) is 19.5 Å². The molecule has 1 saturated heterocycles. The Morgan fingerprint density at radius 1 is 1.60 bits per heavy atom. The lowest BCUT2D eigenvalue weighted by Gasteiger charge is -2.24. The van der Waals surface area contributed by atoms with E-state index < -0.39 is 0 Å². The molecule has 1 unspecified atom stereocenters. The van der Waals surface area contributed by atoms with Crippen molar-refractivity contribution in [1.82, 2.24) is 10.6 Å². The molecule has 2 N–H and O–H groups in total. The number of hydrogen-bond acceptors (Lipinski definition) is 4. The summed E-state index contributed by atoms with van der Waals surface area (Å²) in [5, 5.41) is 11.3. The summed E-state index contributed by atoms with van der Waals surface area (Å²) >= 11 is 1.77. The van der Waals surface area contributed by atoms with Crippen molar-refractivity contribution in [3.8, 4) is 0 Å². The zero-order chi connectivity index (χ0) is 10.5. The SMILES string of the molecule is Cc1cscc1CNCC1COCCN1. The van der Waals surface area contributed by atoms with E-state index in [0.29, 0.717) is 6.04 Å². The molecule has 84 valence electrons. The Morgan fingerprint density at radius 3 is 3.20 bits per heavy atom. The second-order valence-corrected chi connectivity index (χ2v) is 4.68. The van der Waals surface area contributed by atoms with Crippen LogP contribution >= 0.6 is 11.3 Å². The summed E-state index contributed by atoms with van der Waals surface area (Å²) in [6.45, 7) is 6.76. The second-order valence-electron chi connectivity index (χ2n) is 3.94. The van der Waals surface area contributed by atoms with Crippen LogP contribution < -0.4 is 10.6 Å². The Bertz CT molecular complexity index is 295. The topological polar surface area (TPSA) is 33.3 Å². The fourth-order valence-electron chi connectivity index (χ4n) is 1.70. The van der Waals surface area contributed by atoms with Crippen molar-refractivity contribution >= 4 is 11.3 Å². The van der Waals surface area contributed by atoms with Gasteiger partial charge in [0.15, 0.2) is 0 Å². The summed E-state index contributed by atoms with van der Waals surface area (Å²) in [5.41, 5.74) is 2.80. The fourth-order valence-corrected chi connectivity index (χ4v) is 2.56. The molecule has 2 heterocycles. The third-order valence-corrected chi connectivity index (χ3v) is 3.58. The molecule has 2 rings (SSSR count). The molecule has 3 nitrogen and oxygen atoms in total. The Labute approximate surface area is 94.8 Å². The lowest BCUT2D eigenvalue weighted by atomic mass is 10.2. The van der Waals surface area contributed by atoms with E-state index in [9.17, 15) is 0 Å². The van der Waals surface area contributed by atoms with Crippen LogP contribution in [0.1, 0.15) is 11.1 Å². The van der Waals surface area contributed by atoms with Crippen molar-refractivity contribution in [1.29, 1.82) is 0 Å². The van der Waals surface area contributed by atoms with E-state index in [2.05, 4.69) is 28.3 Å². The van der Waals surface area contributed by atoms with Gasteiger partial charge in [-0.1, -0.05) is 0 Å². The maximum absolute atomic E-state index is 5.39. The normalized spacial score (nSPS) is 21.8. The second kappa shape index (κ2) is 5.61. The molecule has 15 heavy (non-hydrogen) atoms. The van der Waals surface area contributed by atoms with Gasteiger partial charge in [-0.25, -0.2) is 0 Å². The first-order valence-electron chi connectivity index (χ1n) is 5.40. The highest BCUT2D eigenvalue weighted by molar-refractivity contribution is 7.08. The molecule has 1 aromatic rings. The summed E-state index contributed by atoms with van der Waals surface area (Å²) in [4.78, 5) is 0. The maximum Gasteiger partial charge on any atom is 0.0632 e. The van der Waals surface area contributed by atoms with Crippen LogP contribution in [-0.2, 0) is 11.3 Å². The van der Waals surface area contributed by atoms with Gasteiger partial charge in [0.05, 0.1) is 13.2 Å².